The number of nitrogens with zero attached hydrogens (tertiary/aromatic N) is 4. The molecular formula is C14H19F3N4O2. The molecule has 2 fully saturated rings. The van der Waals surface area contributed by atoms with Crippen LogP contribution in [0.15, 0.2) is 6.20 Å². The second-order valence-corrected chi connectivity index (χ2v) is 6.19. The molecule has 1 amide bonds. The normalized spacial score (nSPS) is 20.3. The van der Waals surface area contributed by atoms with Crippen molar-refractivity contribution in [3.63, 3.8) is 0 Å². The van der Waals surface area contributed by atoms with Gasteiger partial charge < -0.3 is 9.64 Å². The van der Waals surface area contributed by atoms with Crippen LogP contribution >= 0.6 is 0 Å². The molecule has 0 spiro atoms. The van der Waals surface area contributed by atoms with Gasteiger partial charge in [-0.25, -0.2) is 9.48 Å². The summed E-state index contributed by atoms with van der Waals surface area (Å²) >= 11 is 0. The Morgan fingerprint density at radius 3 is 2.70 bits per heavy atom. The Kier molecular flexibility index (Phi) is 3.97. The van der Waals surface area contributed by atoms with E-state index in [0.717, 1.165) is 17.5 Å². The number of unbranched alkanes of at least 4 members (excludes halogenated alkanes) is 1. The fourth-order valence-electron chi connectivity index (χ4n) is 2.64. The zero-order valence-corrected chi connectivity index (χ0v) is 12.8. The number of amides is 1. The number of hydrogen-bond acceptors (Lipinski definition) is 4. The quantitative estimate of drug-likeness (QED) is 0.778. The van der Waals surface area contributed by atoms with E-state index in [2.05, 4.69) is 10.3 Å². The molecule has 1 aromatic heterocycles. The molecular weight excluding hydrogens is 313 g/mol. The monoisotopic (exact) mass is 332 g/mol. The molecule has 2 aliphatic rings. The molecule has 1 aliphatic heterocycles. The van der Waals surface area contributed by atoms with Crippen LogP contribution in [0, 0.1) is 0 Å². The Balaban J connectivity index is 1.54. The lowest BCUT2D eigenvalue weighted by atomic mass is 9.98. The maximum absolute atomic E-state index is 13.0. The van der Waals surface area contributed by atoms with Crippen LogP contribution in [0.5, 0.6) is 0 Å². The maximum Gasteiger partial charge on any atom is 0.413 e. The van der Waals surface area contributed by atoms with E-state index in [1.165, 1.54) is 11.1 Å². The fraction of sp³-hybridized carbons (Fsp3) is 0.786. The molecule has 128 valence electrons. The van der Waals surface area contributed by atoms with Crippen molar-refractivity contribution in [3.05, 3.63) is 11.9 Å². The molecule has 0 radical (unpaired) electrons. The van der Waals surface area contributed by atoms with Crippen LogP contribution in [0.2, 0.25) is 0 Å². The molecule has 0 atom stereocenters. The highest BCUT2D eigenvalue weighted by Gasteiger charge is 2.66. The molecule has 3 rings (SSSR count). The summed E-state index contributed by atoms with van der Waals surface area (Å²) in [7, 11) is 0. The van der Waals surface area contributed by atoms with E-state index in [4.69, 9.17) is 4.74 Å². The van der Waals surface area contributed by atoms with Gasteiger partial charge in [-0.2, -0.15) is 13.2 Å². The Morgan fingerprint density at radius 1 is 1.43 bits per heavy atom. The summed E-state index contributed by atoms with van der Waals surface area (Å²) in [6, 6.07) is 0. The van der Waals surface area contributed by atoms with E-state index in [0.29, 0.717) is 25.4 Å². The van der Waals surface area contributed by atoms with Gasteiger partial charge in [0.25, 0.3) is 0 Å². The van der Waals surface area contributed by atoms with Crippen LogP contribution in [0.1, 0.15) is 44.2 Å². The summed E-state index contributed by atoms with van der Waals surface area (Å²) in [6.45, 7) is 3.20. The van der Waals surface area contributed by atoms with Gasteiger partial charge in [-0.1, -0.05) is 18.6 Å². The summed E-state index contributed by atoms with van der Waals surface area (Å²) in [5, 5.41) is 7.52. The highest BCUT2D eigenvalue weighted by molar-refractivity contribution is 5.69. The van der Waals surface area contributed by atoms with Crippen molar-refractivity contribution in [2.45, 2.75) is 50.2 Å². The molecule has 2 heterocycles. The number of hydrogen-bond donors (Lipinski definition) is 0. The van der Waals surface area contributed by atoms with Gasteiger partial charge >= 0.3 is 12.3 Å². The Morgan fingerprint density at radius 2 is 2.13 bits per heavy atom. The van der Waals surface area contributed by atoms with Gasteiger partial charge in [-0.3, -0.25) is 0 Å². The number of aromatic nitrogens is 3. The molecule has 1 aromatic rings. The first-order chi connectivity index (χ1) is 10.9. The van der Waals surface area contributed by atoms with Crippen molar-refractivity contribution in [1.29, 1.82) is 0 Å². The van der Waals surface area contributed by atoms with Gasteiger partial charge in [0.15, 0.2) is 5.54 Å². The van der Waals surface area contributed by atoms with Gasteiger partial charge in [0.05, 0.1) is 12.3 Å². The van der Waals surface area contributed by atoms with Crippen LogP contribution in [-0.2, 0) is 10.3 Å². The lowest BCUT2D eigenvalue weighted by Gasteiger charge is -2.37. The SMILES string of the molecule is CCCCOC(=O)N1CC(c2cn(C3(C(F)(F)F)CC3)nn2)C1. The van der Waals surface area contributed by atoms with Crippen molar-refractivity contribution in [2.75, 3.05) is 19.7 Å². The number of rotatable bonds is 5. The van der Waals surface area contributed by atoms with Crippen molar-refractivity contribution < 1.29 is 22.7 Å². The number of halogens is 3. The second kappa shape index (κ2) is 5.68. The minimum absolute atomic E-state index is 0.0415. The highest BCUT2D eigenvalue weighted by atomic mass is 19.4. The third kappa shape index (κ3) is 2.88. The van der Waals surface area contributed by atoms with Gasteiger partial charge in [-0.05, 0) is 19.3 Å². The van der Waals surface area contributed by atoms with Crippen LogP contribution in [0.25, 0.3) is 0 Å². The Bertz CT molecular complexity index is 577. The molecule has 0 unspecified atom stereocenters. The van der Waals surface area contributed by atoms with Crippen molar-refractivity contribution in [2.24, 2.45) is 0 Å². The van der Waals surface area contributed by atoms with Crippen molar-refractivity contribution in [3.8, 4) is 0 Å². The third-order valence-electron chi connectivity index (χ3n) is 4.48. The molecule has 0 aromatic carbocycles. The van der Waals surface area contributed by atoms with Crippen LogP contribution < -0.4 is 0 Å². The average Bonchev–Trinajstić information content (AvgIpc) is 3.12. The predicted molar refractivity (Wildman–Crippen MR) is 73.9 cm³/mol. The highest BCUT2D eigenvalue weighted by Crippen LogP contribution is 2.55. The summed E-state index contributed by atoms with van der Waals surface area (Å²) in [5.41, 5.74) is -1.38. The van der Waals surface area contributed by atoms with E-state index in [1.807, 2.05) is 6.92 Å². The number of carbonyl (C=O) groups excluding carboxylic acids is 1. The minimum atomic E-state index is -4.31. The number of ether oxygens (including phenoxy) is 1. The minimum Gasteiger partial charge on any atom is -0.449 e. The molecule has 0 N–H and O–H groups in total. The van der Waals surface area contributed by atoms with E-state index in [-0.39, 0.29) is 24.9 Å². The second-order valence-electron chi connectivity index (χ2n) is 6.19. The summed E-state index contributed by atoms with van der Waals surface area (Å²) in [4.78, 5) is 13.2. The zero-order chi connectivity index (χ0) is 16.7. The molecule has 9 heteroatoms. The van der Waals surface area contributed by atoms with Crippen LogP contribution in [0.3, 0.4) is 0 Å². The van der Waals surface area contributed by atoms with Gasteiger partial charge in [0, 0.05) is 25.2 Å². The van der Waals surface area contributed by atoms with E-state index >= 15 is 0 Å². The van der Waals surface area contributed by atoms with E-state index in [9.17, 15) is 18.0 Å². The Labute approximate surface area is 131 Å². The van der Waals surface area contributed by atoms with Crippen molar-refractivity contribution >= 4 is 6.09 Å². The smallest absolute Gasteiger partial charge is 0.413 e. The molecule has 1 saturated heterocycles. The topological polar surface area (TPSA) is 60.2 Å². The first-order valence-corrected chi connectivity index (χ1v) is 7.78. The average molecular weight is 332 g/mol. The van der Waals surface area contributed by atoms with E-state index in [1.54, 1.807) is 0 Å². The lowest BCUT2D eigenvalue weighted by Crippen LogP contribution is -2.48. The van der Waals surface area contributed by atoms with Crippen molar-refractivity contribution in [1.82, 2.24) is 19.9 Å². The molecule has 0 bridgehead atoms. The van der Waals surface area contributed by atoms with Gasteiger partial charge in [0.1, 0.15) is 0 Å². The first-order valence-electron chi connectivity index (χ1n) is 7.78. The molecule has 6 nitrogen and oxygen atoms in total. The molecule has 1 aliphatic carbocycles. The lowest BCUT2D eigenvalue weighted by molar-refractivity contribution is -0.182. The fourth-order valence-corrected chi connectivity index (χ4v) is 2.64. The summed E-state index contributed by atoms with van der Waals surface area (Å²) in [6.07, 6.45) is -1.48. The number of likely N-dealkylation sites (tertiary alicyclic amines) is 1. The predicted octanol–water partition coefficient (Wildman–Crippen LogP) is 2.67. The molecule has 1 saturated carbocycles. The standard InChI is InChI=1S/C14H19F3N4O2/c1-2-3-6-23-12(22)20-7-10(8-20)11-9-21(19-18-11)13(4-5-13)14(15,16)17/h9-10H,2-8H2,1H3. The largest absolute Gasteiger partial charge is 0.449 e. The number of carbonyl (C=O) groups is 1. The Hall–Kier alpha value is -1.80. The van der Waals surface area contributed by atoms with Crippen LogP contribution in [-0.4, -0.2) is 51.9 Å². The van der Waals surface area contributed by atoms with Gasteiger partial charge in [-0.15, -0.1) is 5.10 Å². The zero-order valence-electron chi connectivity index (χ0n) is 12.8. The first kappa shape index (κ1) is 16.1. The van der Waals surface area contributed by atoms with Crippen LogP contribution in [0.4, 0.5) is 18.0 Å². The van der Waals surface area contributed by atoms with Gasteiger partial charge in [0.2, 0.25) is 0 Å². The van der Waals surface area contributed by atoms with E-state index < -0.39 is 11.7 Å². The summed E-state index contributed by atoms with van der Waals surface area (Å²) in [5.74, 6) is -0.0773. The summed E-state index contributed by atoms with van der Waals surface area (Å²) < 4.78 is 45.2. The maximum atomic E-state index is 13.0. The number of alkyl halides is 3. The third-order valence-corrected chi connectivity index (χ3v) is 4.48. The molecule has 23 heavy (non-hydrogen) atoms.